The van der Waals surface area contributed by atoms with Crippen LogP contribution in [0.1, 0.15) is 33.4 Å². The number of alkyl carbamates (subject to hydrolysis) is 1. The molecular weight excluding hydrogens is 232 g/mol. The molecule has 1 rings (SSSR count). The molecule has 6 heteroatoms. The first-order valence-electron chi connectivity index (χ1n) is 5.93. The molecule has 0 fully saturated rings. The zero-order valence-electron chi connectivity index (χ0n) is 11.4. The minimum absolute atomic E-state index is 0.382. The topological polar surface area (TPSA) is 93.0 Å². The molecule has 1 aromatic heterocycles. The Morgan fingerprint density at radius 3 is 2.61 bits per heavy atom. The monoisotopic (exact) mass is 254 g/mol. The van der Waals surface area contributed by atoms with Crippen molar-refractivity contribution in [2.24, 2.45) is 5.73 Å². The van der Waals surface area contributed by atoms with Crippen LogP contribution in [0.5, 0.6) is 0 Å². The molecule has 6 nitrogen and oxygen atoms in total. The van der Waals surface area contributed by atoms with Crippen molar-refractivity contribution in [3.8, 4) is 0 Å². The number of nitrogens with two attached hydrogens (primary N) is 1. The van der Waals surface area contributed by atoms with E-state index in [-0.39, 0.29) is 5.41 Å². The number of imidazole rings is 1. The summed E-state index contributed by atoms with van der Waals surface area (Å²) in [5.74, 6) is 0. The number of H-pyrrole nitrogens is 1. The van der Waals surface area contributed by atoms with Gasteiger partial charge in [-0.15, -0.1) is 0 Å². The fraction of sp³-hybridized carbons (Fsp3) is 0.667. The zero-order chi connectivity index (χ0) is 13.8. The second-order valence-electron chi connectivity index (χ2n) is 5.59. The third-order valence-corrected chi connectivity index (χ3v) is 2.62. The Bertz CT molecular complexity index is 383. The Hall–Kier alpha value is -1.56. The fourth-order valence-corrected chi connectivity index (χ4v) is 1.44. The van der Waals surface area contributed by atoms with Crippen molar-refractivity contribution in [1.82, 2.24) is 15.3 Å². The molecule has 0 saturated heterocycles. The average Bonchev–Trinajstić information content (AvgIpc) is 2.77. The number of nitrogens with one attached hydrogen (secondary N) is 2. The van der Waals surface area contributed by atoms with Gasteiger partial charge < -0.3 is 20.8 Å². The average molecular weight is 254 g/mol. The van der Waals surface area contributed by atoms with E-state index in [1.165, 1.54) is 0 Å². The molecule has 0 aliphatic carbocycles. The summed E-state index contributed by atoms with van der Waals surface area (Å²) in [4.78, 5) is 18.6. The van der Waals surface area contributed by atoms with Crippen LogP contribution in [0.2, 0.25) is 0 Å². The third kappa shape index (κ3) is 4.03. The summed E-state index contributed by atoms with van der Waals surface area (Å²) < 4.78 is 5.18. The van der Waals surface area contributed by atoms with E-state index in [4.69, 9.17) is 10.5 Å². The molecule has 0 aromatic carbocycles. The number of aromatic amines is 1. The van der Waals surface area contributed by atoms with Crippen LogP contribution in [0.15, 0.2) is 12.5 Å². The van der Waals surface area contributed by atoms with E-state index in [0.717, 1.165) is 5.69 Å². The van der Waals surface area contributed by atoms with Gasteiger partial charge >= 0.3 is 6.09 Å². The lowest BCUT2D eigenvalue weighted by Gasteiger charge is -2.28. The minimum Gasteiger partial charge on any atom is -0.444 e. The summed E-state index contributed by atoms with van der Waals surface area (Å²) in [6, 6.07) is 0. The van der Waals surface area contributed by atoms with Crippen LogP contribution in [-0.4, -0.2) is 34.8 Å². The number of hydrogen-bond acceptors (Lipinski definition) is 4. The van der Waals surface area contributed by atoms with Gasteiger partial charge in [-0.05, 0) is 20.8 Å². The molecular formula is C12H22N4O2. The fourth-order valence-electron chi connectivity index (χ4n) is 1.44. The first kappa shape index (κ1) is 14.5. The van der Waals surface area contributed by atoms with Gasteiger partial charge in [0.25, 0.3) is 0 Å². The smallest absolute Gasteiger partial charge is 0.407 e. The van der Waals surface area contributed by atoms with Gasteiger partial charge in [-0.2, -0.15) is 0 Å². The first-order valence-corrected chi connectivity index (χ1v) is 5.93. The molecule has 1 amide bonds. The molecule has 0 aliphatic heterocycles. The van der Waals surface area contributed by atoms with Crippen molar-refractivity contribution in [3.05, 3.63) is 18.2 Å². The number of rotatable bonds is 4. The Kier molecular flexibility index (Phi) is 4.34. The Labute approximate surface area is 107 Å². The van der Waals surface area contributed by atoms with Crippen LogP contribution in [0.3, 0.4) is 0 Å². The van der Waals surface area contributed by atoms with Gasteiger partial charge in [0.15, 0.2) is 0 Å². The highest BCUT2D eigenvalue weighted by Crippen LogP contribution is 2.19. The standard InChI is InChI=1S/C12H22N4O2/c1-11(2,3)18-10(17)15-7-12(4,6-13)9-5-14-8-16-9/h5,8H,6-7,13H2,1-4H3,(H,14,16)(H,15,17). The van der Waals surface area contributed by atoms with Gasteiger partial charge in [0, 0.05) is 30.4 Å². The molecule has 102 valence electrons. The van der Waals surface area contributed by atoms with E-state index in [1.807, 2.05) is 27.7 Å². The minimum atomic E-state index is -0.503. The molecule has 0 aliphatic rings. The number of aromatic nitrogens is 2. The first-order chi connectivity index (χ1) is 8.27. The quantitative estimate of drug-likeness (QED) is 0.751. The van der Waals surface area contributed by atoms with Crippen LogP contribution < -0.4 is 11.1 Å². The van der Waals surface area contributed by atoms with Crippen LogP contribution >= 0.6 is 0 Å². The highest BCUT2D eigenvalue weighted by Gasteiger charge is 2.28. The Balaban J connectivity index is 2.58. The molecule has 1 heterocycles. The van der Waals surface area contributed by atoms with E-state index in [9.17, 15) is 4.79 Å². The lowest BCUT2D eigenvalue weighted by molar-refractivity contribution is 0.0516. The van der Waals surface area contributed by atoms with E-state index >= 15 is 0 Å². The second kappa shape index (κ2) is 5.39. The van der Waals surface area contributed by atoms with Gasteiger partial charge in [-0.1, -0.05) is 6.92 Å². The summed E-state index contributed by atoms with van der Waals surface area (Å²) in [6.45, 7) is 8.21. The van der Waals surface area contributed by atoms with E-state index in [0.29, 0.717) is 13.1 Å². The maximum Gasteiger partial charge on any atom is 0.407 e. The normalized spacial score (nSPS) is 14.9. The molecule has 18 heavy (non-hydrogen) atoms. The molecule has 0 spiro atoms. The summed E-state index contributed by atoms with van der Waals surface area (Å²) >= 11 is 0. The number of carbonyl (C=O) groups is 1. The lowest BCUT2D eigenvalue weighted by Crippen LogP contribution is -2.45. The summed E-state index contributed by atoms with van der Waals surface area (Å²) in [6.07, 6.45) is 2.86. The number of carbonyl (C=O) groups excluding carboxylic acids is 1. The second-order valence-corrected chi connectivity index (χ2v) is 5.59. The van der Waals surface area contributed by atoms with Gasteiger partial charge in [0.05, 0.1) is 6.33 Å². The largest absolute Gasteiger partial charge is 0.444 e. The lowest BCUT2D eigenvalue weighted by atomic mass is 9.87. The predicted molar refractivity (Wildman–Crippen MR) is 69.2 cm³/mol. The van der Waals surface area contributed by atoms with E-state index < -0.39 is 11.7 Å². The zero-order valence-corrected chi connectivity index (χ0v) is 11.4. The van der Waals surface area contributed by atoms with Gasteiger partial charge in [0.2, 0.25) is 0 Å². The predicted octanol–water partition coefficient (Wildman–Crippen LogP) is 1.15. The molecule has 1 atom stereocenters. The SMILES string of the molecule is CC(C)(C)OC(=O)NCC(C)(CN)c1cnc[nH]1. The molecule has 1 aromatic rings. The maximum absolute atomic E-state index is 11.6. The maximum atomic E-state index is 11.6. The number of nitrogens with zero attached hydrogens (tertiary/aromatic N) is 1. The van der Waals surface area contributed by atoms with Gasteiger partial charge in [0.1, 0.15) is 5.60 Å². The third-order valence-electron chi connectivity index (χ3n) is 2.62. The van der Waals surface area contributed by atoms with Crippen molar-refractivity contribution in [2.45, 2.75) is 38.7 Å². The number of amides is 1. The molecule has 0 bridgehead atoms. The molecule has 0 saturated carbocycles. The van der Waals surface area contributed by atoms with Crippen molar-refractivity contribution in [1.29, 1.82) is 0 Å². The van der Waals surface area contributed by atoms with Gasteiger partial charge in [-0.25, -0.2) is 9.78 Å². The van der Waals surface area contributed by atoms with E-state index in [2.05, 4.69) is 15.3 Å². The number of hydrogen-bond donors (Lipinski definition) is 3. The Morgan fingerprint density at radius 1 is 1.50 bits per heavy atom. The summed E-state index contributed by atoms with van der Waals surface area (Å²) in [7, 11) is 0. The molecule has 0 radical (unpaired) electrons. The van der Waals surface area contributed by atoms with Crippen LogP contribution in [-0.2, 0) is 10.2 Å². The van der Waals surface area contributed by atoms with Crippen molar-refractivity contribution >= 4 is 6.09 Å². The molecule has 1 unspecified atom stereocenters. The highest BCUT2D eigenvalue weighted by atomic mass is 16.6. The highest BCUT2D eigenvalue weighted by molar-refractivity contribution is 5.67. The Morgan fingerprint density at radius 2 is 2.17 bits per heavy atom. The van der Waals surface area contributed by atoms with Crippen molar-refractivity contribution in [3.63, 3.8) is 0 Å². The van der Waals surface area contributed by atoms with Crippen LogP contribution in [0.4, 0.5) is 4.79 Å². The van der Waals surface area contributed by atoms with Gasteiger partial charge in [-0.3, -0.25) is 0 Å². The van der Waals surface area contributed by atoms with Crippen LogP contribution in [0.25, 0.3) is 0 Å². The van der Waals surface area contributed by atoms with Crippen LogP contribution in [0, 0.1) is 0 Å². The summed E-state index contributed by atoms with van der Waals surface area (Å²) in [5, 5.41) is 2.73. The number of ether oxygens (including phenoxy) is 1. The summed E-state index contributed by atoms with van der Waals surface area (Å²) in [5.41, 5.74) is 5.78. The van der Waals surface area contributed by atoms with Crippen molar-refractivity contribution in [2.75, 3.05) is 13.1 Å². The van der Waals surface area contributed by atoms with E-state index in [1.54, 1.807) is 12.5 Å². The molecule has 4 N–H and O–H groups in total. The van der Waals surface area contributed by atoms with Crippen molar-refractivity contribution < 1.29 is 9.53 Å².